The number of nitrogens with one attached hydrogen (secondary N) is 1. The van der Waals surface area contributed by atoms with E-state index in [1.165, 1.54) is 17.0 Å². The van der Waals surface area contributed by atoms with Crippen LogP contribution in [-0.2, 0) is 13.0 Å². The fourth-order valence-electron chi connectivity index (χ4n) is 2.80. The standard InChI is InChI=1S/C15H19N3O/c1-3-18-10-17-12-8-9-16-14(15(12)18)11-6-4-5-7-13(11)19-2/h4-7,10,14,16H,3,8-9H2,1-2H3. The van der Waals surface area contributed by atoms with Gasteiger partial charge in [-0.25, -0.2) is 4.98 Å². The van der Waals surface area contributed by atoms with Crippen LogP contribution in [0.15, 0.2) is 30.6 Å². The average Bonchev–Trinajstić information content (AvgIpc) is 2.90. The molecule has 0 spiro atoms. The molecule has 19 heavy (non-hydrogen) atoms. The Kier molecular flexibility index (Phi) is 3.25. The summed E-state index contributed by atoms with van der Waals surface area (Å²) in [5, 5.41) is 3.59. The Hall–Kier alpha value is -1.81. The molecule has 1 atom stereocenters. The summed E-state index contributed by atoms with van der Waals surface area (Å²) in [6.07, 6.45) is 2.94. The molecule has 0 aliphatic carbocycles. The summed E-state index contributed by atoms with van der Waals surface area (Å²) in [7, 11) is 1.72. The Labute approximate surface area is 113 Å². The number of imidazole rings is 1. The van der Waals surface area contributed by atoms with E-state index < -0.39 is 0 Å². The third kappa shape index (κ3) is 2.02. The molecule has 3 rings (SSSR count). The molecule has 1 aromatic carbocycles. The number of aromatic nitrogens is 2. The molecule has 4 nitrogen and oxygen atoms in total. The van der Waals surface area contributed by atoms with Crippen molar-refractivity contribution in [2.45, 2.75) is 25.9 Å². The molecule has 0 radical (unpaired) electrons. The zero-order valence-electron chi connectivity index (χ0n) is 11.4. The van der Waals surface area contributed by atoms with Crippen LogP contribution < -0.4 is 10.1 Å². The lowest BCUT2D eigenvalue weighted by atomic mass is 9.97. The Morgan fingerprint density at radius 3 is 3.05 bits per heavy atom. The zero-order chi connectivity index (χ0) is 13.2. The number of aryl methyl sites for hydroxylation is 1. The van der Waals surface area contributed by atoms with Crippen LogP contribution in [0.1, 0.15) is 29.9 Å². The molecule has 2 heterocycles. The van der Waals surface area contributed by atoms with Crippen molar-refractivity contribution in [1.82, 2.24) is 14.9 Å². The van der Waals surface area contributed by atoms with Crippen molar-refractivity contribution in [3.8, 4) is 5.75 Å². The van der Waals surface area contributed by atoms with E-state index in [9.17, 15) is 0 Å². The molecule has 100 valence electrons. The third-order valence-electron chi connectivity index (χ3n) is 3.73. The van der Waals surface area contributed by atoms with Gasteiger partial charge in [-0.15, -0.1) is 0 Å². The number of benzene rings is 1. The second-order valence-corrected chi connectivity index (χ2v) is 4.74. The molecule has 2 aromatic rings. The van der Waals surface area contributed by atoms with Gasteiger partial charge in [0.1, 0.15) is 5.75 Å². The van der Waals surface area contributed by atoms with Crippen LogP contribution in [0.2, 0.25) is 0 Å². The molecule has 1 aromatic heterocycles. The van der Waals surface area contributed by atoms with Gasteiger partial charge >= 0.3 is 0 Å². The Bertz CT molecular complexity index is 563. The highest BCUT2D eigenvalue weighted by molar-refractivity contribution is 5.42. The van der Waals surface area contributed by atoms with Gasteiger partial charge in [0.15, 0.2) is 0 Å². The maximum atomic E-state index is 5.49. The molecule has 0 saturated heterocycles. The molecule has 1 N–H and O–H groups in total. The van der Waals surface area contributed by atoms with E-state index in [2.05, 4.69) is 33.9 Å². The van der Waals surface area contributed by atoms with Crippen molar-refractivity contribution in [3.63, 3.8) is 0 Å². The summed E-state index contributed by atoms with van der Waals surface area (Å²) in [5.41, 5.74) is 3.66. The summed E-state index contributed by atoms with van der Waals surface area (Å²) < 4.78 is 7.71. The highest BCUT2D eigenvalue weighted by atomic mass is 16.5. The molecule has 0 saturated carbocycles. The highest BCUT2D eigenvalue weighted by Gasteiger charge is 2.27. The molecule has 4 heteroatoms. The van der Waals surface area contributed by atoms with Gasteiger partial charge in [-0.3, -0.25) is 0 Å². The Morgan fingerprint density at radius 2 is 2.26 bits per heavy atom. The van der Waals surface area contributed by atoms with Gasteiger partial charge in [-0.05, 0) is 13.0 Å². The predicted molar refractivity (Wildman–Crippen MR) is 74.4 cm³/mol. The van der Waals surface area contributed by atoms with E-state index in [0.29, 0.717) is 0 Å². The number of methoxy groups -OCH3 is 1. The zero-order valence-corrected chi connectivity index (χ0v) is 11.4. The highest BCUT2D eigenvalue weighted by Crippen LogP contribution is 2.33. The van der Waals surface area contributed by atoms with Crippen molar-refractivity contribution >= 4 is 0 Å². The van der Waals surface area contributed by atoms with Crippen LogP contribution >= 0.6 is 0 Å². The van der Waals surface area contributed by atoms with E-state index in [-0.39, 0.29) is 6.04 Å². The Balaban J connectivity index is 2.10. The van der Waals surface area contributed by atoms with Gasteiger partial charge in [-0.2, -0.15) is 0 Å². The van der Waals surface area contributed by atoms with Crippen LogP contribution in [0.4, 0.5) is 0 Å². The van der Waals surface area contributed by atoms with Crippen molar-refractivity contribution in [2.75, 3.05) is 13.7 Å². The minimum Gasteiger partial charge on any atom is -0.496 e. The van der Waals surface area contributed by atoms with Crippen LogP contribution in [-0.4, -0.2) is 23.2 Å². The van der Waals surface area contributed by atoms with Gasteiger partial charge in [0.25, 0.3) is 0 Å². The first-order valence-corrected chi connectivity index (χ1v) is 6.75. The number of ether oxygens (including phenoxy) is 1. The summed E-state index contributed by atoms with van der Waals surface area (Å²) in [4.78, 5) is 4.54. The van der Waals surface area contributed by atoms with E-state index >= 15 is 0 Å². The smallest absolute Gasteiger partial charge is 0.124 e. The Morgan fingerprint density at radius 1 is 1.42 bits per heavy atom. The van der Waals surface area contributed by atoms with Crippen molar-refractivity contribution in [3.05, 3.63) is 47.5 Å². The maximum absolute atomic E-state index is 5.49. The molecule has 0 fully saturated rings. The molecular formula is C15H19N3O. The summed E-state index contributed by atoms with van der Waals surface area (Å²) in [5.74, 6) is 0.928. The van der Waals surface area contributed by atoms with Crippen molar-refractivity contribution in [2.24, 2.45) is 0 Å². The van der Waals surface area contributed by atoms with E-state index in [1.54, 1.807) is 7.11 Å². The van der Waals surface area contributed by atoms with Crippen LogP contribution in [0.5, 0.6) is 5.75 Å². The van der Waals surface area contributed by atoms with E-state index in [4.69, 9.17) is 4.74 Å². The molecule has 0 amide bonds. The molecular weight excluding hydrogens is 238 g/mol. The van der Waals surface area contributed by atoms with Gasteiger partial charge in [-0.1, -0.05) is 18.2 Å². The molecule has 0 bridgehead atoms. The normalized spacial score (nSPS) is 18.1. The minimum atomic E-state index is 0.169. The van der Waals surface area contributed by atoms with Crippen LogP contribution in [0.25, 0.3) is 0 Å². The second-order valence-electron chi connectivity index (χ2n) is 4.74. The number of hydrogen-bond acceptors (Lipinski definition) is 3. The number of nitrogens with zero attached hydrogens (tertiary/aromatic N) is 2. The number of rotatable bonds is 3. The lowest BCUT2D eigenvalue weighted by Gasteiger charge is -2.27. The SMILES string of the molecule is CCn1cnc2c1C(c1ccccc1OC)NCC2. The molecule has 1 aliphatic rings. The number of hydrogen-bond donors (Lipinski definition) is 1. The fraction of sp³-hybridized carbons (Fsp3) is 0.400. The average molecular weight is 257 g/mol. The quantitative estimate of drug-likeness (QED) is 0.915. The molecule has 1 unspecified atom stereocenters. The van der Waals surface area contributed by atoms with Crippen molar-refractivity contribution < 1.29 is 4.74 Å². The van der Waals surface area contributed by atoms with E-state index in [0.717, 1.165) is 25.3 Å². The fourth-order valence-corrected chi connectivity index (χ4v) is 2.80. The first kappa shape index (κ1) is 12.2. The monoisotopic (exact) mass is 257 g/mol. The van der Waals surface area contributed by atoms with Crippen LogP contribution in [0, 0.1) is 0 Å². The minimum absolute atomic E-state index is 0.169. The maximum Gasteiger partial charge on any atom is 0.124 e. The van der Waals surface area contributed by atoms with Crippen molar-refractivity contribution in [1.29, 1.82) is 0 Å². The van der Waals surface area contributed by atoms with Gasteiger partial charge in [0.2, 0.25) is 0 Å². The largest absolute Gasteiger partial charge is 0.496 e. The lowest BCUT2D eigenvalue weighted by molar-refractivity contribution is 0.400. The van der Waals surface area contributed by atoms with Crippen LogP contribution in [0.3, 0.4) is 0 Å². The van der Waals surface area contributed by atoms with Gasteiger partial charge in [0.05, 0.1) is 30.9 Å². The summed E-state index contributed by atoms with van der Waals surface area (Å²) in [6, 6.07) is 8.36. The first-order valence-electron chi connectivity index (χ1n) is 6.75. The molecule has 1 aliphatic heterocycles. The lowest BCUT2D eigenvalue weighted by Crippen LogP contribution is -2.32. The first-order chi connectivity index (χ1) is 9.35. The second kappa shape index (κ2) is 5.05. The van der Waals surface area contributed by atoms with Gasteiger partial charge in [0, 0.05) is 25.1 Å². The summed E-state index contributed by atoms with van der Waals surface area (Å²) in [6.45, 7) is 4.04. The third-order valence-corrected chi connectivity index (χ3v) is 3.73. The number of fused-ring (bicyclic) bond motifs is 1. The summed E-state index contributed by atoms with van der Waals surface area (Å²) >= 11 is 0. The van der Waals surface area contributed by atoms with Gasteiger partial charge < -0.3 is 14.6 Å². The predicted octanol–water partition coefficient (Wildman–Crippen LogP) is 2.15. The van der Waals surface area contributed by atoms with E-state index in [1.807, 2.05) is 18.5 Å². The topological polar surface area (TPSA) is 39.1 Å². The number of para-hydroxylation sites is 1.